The van der Waals surface area contributed by atoms with Gasteiger partial charge in [-0.3, -0.25) is 9.45 Å². The lowest BCUT2D eigenvalue weighted by atomic mass is 10.0. The Labute approximate surface area is 259 Å². The Kier molecular flexibility index (Phi) is 12.6. The van der Waals surface area contributed by atoms with E-state index in [-0.39, 0.29) is 22.6 Å². The van der Waals surface area contributed by atoms with Gasteiger partial charge >= 0.3 is 0 Å². The third-order valence-corrected chi connectivity index (χ3v) is 8.47. The molecule has 4 aromatic carbocycles. The molecule has 1 N–H and O–H groups in total. The van der Waals surface area contributed by atoms with Crippen molar-refractivity contribution in [2.45, 2.75) is 30.8 Å². The molecule has 1 fully saturated rings. The molecule has 0 aliphatic carbocycles. The molecule has 0 bridgehead atoms. The Bertz CT molecular complexity index is 1460. The zero-order valence-corrected chi connectivity index (χ0v) is 25.8. The molecule has 0 aromatic heterocycles. The van der Waals surface area contributed by atoms with Crippen molar-refractivity contribution in [3.05, 3.63) is 137 Å². The van der Waals surface area contributed by atoms with E-state index >= 15 is 0 Å². The van der Waals surface area contributed by atoms with E-state index in [1.165, 1.54) is 48.4 Å². The molecule has 5 rings (SSSR count). The third kappa shape index (κ3) is 10.9. The van der Waals surface area contributed by atoms with Crippen LogP contribution in [0, 0.1) is 18.6 Å². The van der Waals surface area contributed by atoms with E-state index in [1.54, 1.807) is 36.4 Å². The smallest absolute Gasteiger partial charge is 0.294 e. The molecule has 0 unspecified atom stereocenters. The predicted molar refractivity (Wildman–Crippen MR) is 169 cm³/mol. The van der Waals surface area contributed by atoms with Crippen molar-refractivity contribution in [2.75, 3.05) is 45.9 Å². The molecule has 0 saturated carbocycles. The normalized spacial score (nSPS) is 14.3. The van der Waals surface area contributed by atoms with Crippen LogP contribution in [0.15, 0.2) is 108 Å². The molecule has 4 aromatic rings. The quantitative estimate of drug-likeness (QED) is 0.191. The minimum Gasteiger partial charge on any atom is -0.367 e. The average Bonchev–Trinajstić information content (AvgIpc) is 3.02. The van der Waals surface area contributed by atoms with Crippen molar-refractivity contribution in [1.82, 2.24) is 9.80 Å². The second-order valence-corrected chi connectivity index (χ2v) is 12.3. The monoisotopic (exact) mass is 622 g/mol. The Morgan fingerprint density at radius 1 is 0.727 bits per heavy atom. The van der Waals surface area contributed by atoms with E-state index in [1.807, 2.05) is 6.92 Å². The number of benzene rings is 4. The topological polar surface area (TPSA) is 70.1 Å². The Morgan fingerprint density at radius 3 is 1.73 bits per heavy atom. The molecular weight excluding hydrogens is 582 g/mol. The number of aryl methyl sites for hydroxylation is 2. The highest BCUT2D eigenvalue weighted by molar-refractivity contribution is 7.85. The van der Waals surface area contributed by atoms with Gasteiger partial charge in [-0.2, -0.15) is 8.42 Å². The van der Waals surface area contributed by atoms with Gasteiger partial charge in [0.05, 0.1) is 11.5 Å². The van der Waals surface area contributed by atoms with Crippen molar-refractivity contribution in [1.29, 1.82) is 0 Å². The third-order valence-electron chi connectivity index (χ3n) is 7.60. The molecule has 44 heavy (non-hydrogen) atoms. The summed E-state index contributed by atoms with van der Waals surface area (Å²) >= 11 is 0. The van der Waals surface area contributed by atoms with E-state index in [4.69, 9.17) is 9.29 Å². The van der Waals surface area contributed by atoms with Crippen LogP contribution in [0.2, 0.25) is 0 Å². The van der Waals surface area contributed by atoms with Gasteiger partial charge in [0.2, 0.25) is 0 Å². The van der Waals surface area contributed by atoms with Crippen molar-refractivity contribution < 1.29 is 26.5 Å². The number of hydrogen-bond acceptors (Lipinski definition) is 5. The molecule has 0 spiro atoms. The number of nitrogens with zero attached hydrogens (tertiary/aromatic N) is 2. The van der Waals surface area contributed by atoms with Crippen LogP contribution in [0.4, 0.5) is 8.78 Å². The van der Waals surface area contributed by atoms with Gasteiger partial charge in [-0.15, -0.1) is 0 Å². The molecule has 0 radical (unpaired) electrons. The molecule has 1 aliphatic heterocycles. The number of piperazine rings is 1. The van der Waals surface area contributed by atoms with Gasteiger partial charge in [-0.25, -0.2) is 8.78 Å². The summed E-state index contributed by atoms with van der Waals surface area (Å²) in [5.74, 6) is -0.559. The fourth-order valence-electron chi connectivity index (χ4n) is 5.06. The Hall–Kier alpha value is -3.47. The van der Waals surface area contributed by atoms with Crippen LogP contribution < -0.4 is 0 Å². The number of halogens is 2. The van der Waals surface area contributed by atoms with Crippen molar-refractivity contribution in [3.8, 4) is 0 Å². The highest BCUT2D eigenvalue weighted by Gasteiger charge is 2.19. The second-order valence-electron chi connectivity index (χ2n) is 10.9. The Morgan fingerprint density at radius 2 is 1.23 bits per heavy atom. The van der Waals surface area contributed by atoms with E-state index < -0.39 is 10.1 Å². The summed E-state index contributed by atoms with van der Waals surface area (Å²) in [4.78, 5) is 4.91. The number of hydrogen-bond donors (Lipinski definition) is 1. The lowest BCUT2D eigenvalue weighted by molar-refractivity contribution is 0.0451. The summed E-state index contributed by atoms with van der Waals surface area (Å²) in [5.41, 5.74) is 4.10. The summed E-state index contributed by atoms with van der Waals surface area (Å²) in [7, 11) is -4.02. The van der Waals surface area contributed by atoms with Gasteiger partial charge in [0.25, 0.3) is 10.1 Å². The standard InChI is InChI=1S/C28H32F2N2O.C7H8O3S/c29-26-12-8-24(9-13-26)28(25-10-14-27(30)15-11-25)33-22-21-32-19-17-31(18-20-32)16-4-7-23-5-2-1-3-6-23;1-6-2-4-7(5-3-6)11(8,9)10/h1-3,5-6,8-15,28H,4,7,16-22H2;2-5H,1H3,(H,8,9,10). The molecular formula is C35H40F2N2O4S. The van der Waals surface area contributed by atoms with Crippen LogP contribution in [0.1, 0.15) is 34.8 Å². The lowest BCUT2D eigenvalue weighted by Gasteiger charge is -2.35. The van der Waals surface area contributed by atoms with Gasteiger partial charge < -0.3 is 9.64 Å². The average molecular weight is 623 g/mol. The molecule has 0 atom stereocenters. The highest BCUT2D eigenvalue weighted by Crippen LogP contribution is 2.26. The summed E-state index contributed by atoms with van der Waals surface area (Å²) in [6.45, 7) is 8.61. The maximum Gasteiger partial charge on any atom is 0.294 e. The molecule has 1 saturated heterocycles. The summed E-state index contributed by atoms with van der Waals surface area (Å²) in [6, 6.07) is 29.3. The first-order valence-corrected chi connectivity index (χ1v) is 16.3. The van der Waals surface area contributed by atoms with Crippen LogP contribution in [0.25, 0.3) is 0 Å². The van der Waals surface area contributed by atoms with Gasteiger partial charge in [0.1, 0.15) is 17.7 Å². The van der Waals surface area contributed by atoms with Gasteiger partial charge in [-0.05, 0) is 79.4 Å². The van der Waals surface area contributed by atoms with Crippen molar-refractivity contribution in [3.63, 3.8) is 0 Å². The summed E-state index contributed by atoms with van der Waals surface area (Å²) in [6.07, 6.45) is 1.97. The summed E-state index contributed by atoms with van der Waals surface area (Å²) < 4.78 is 62.6. The fraction of sp³-hybridized carbons (Fsp3) is 0.314. The Balaban J connectivity index is 0.000000339. The second kappa shape index (κ2) is 16.6. The minimum atomic E-state index is -4.02. The largest absolute Gasteiger partial charge is 0.367 e. The first-order chi connectivity index (χ1) is 21.2. The van der Waals surface area contributed by atoms with Crippen LogP contribution in [0.5, 0.6) is 0 Å². The molecule has 234 valence electrons. The molecule has 0 amide bonds. The lowest BCUT2D eigenvalue weighted by Crippen LogP contribution is -2.47. The SMILES string of the molecule is Cc1ccc(S(=O)(=O)O)cc1.Fc1ccc(C(OCCN2CCN(CCCc3ccccc3)CC2)c2ccc(F)cc2)cc1. The van der Waals surface area contributed by atoms with Crippen LogP contribution in [-0.4, -0.2) is 68.6 Å². The zero-order chi connectivity index (χ0) is 31.4. The number of rotatable bonds is 11. The predicted octanol–water partition coefficient (Wildman–Crippen LogP) is 6.56. The molecule has 9 heteroatoms. The van der Waals surface area contributed by atoms with Crippen molar-refractivity contribution in [2.24, 2.45) is 0 Å². The van der Waals surface area contributed by atoms with E-state index in [0.717, 1.165) is 62.4 Å². The van der Waals surface area contributed by atoms with Crippen LogP contribution >= 0.6 is 0 Å². The van der Waals surface area contributed by atoms with Gasteiger partial charge in [-0.1, -0.05) is 72.3 Å². The zero-order valence-electron chi connectivity index (χ0n) is 25.0. The minimum absolute atomic E-state index is 0.0666. The maximum atomic E-state index is 13.4. The van der Waals surface area contributed by atoms with E-state index in [0.29, 0.717) is 6.61 Å². The van der Waals surface area contributed by atoms with Gasteiger partial charge in [0, 0.05) is 32.7 Å². The fourth-order valence-corrected chi connectivity index (χ4v) is 5.54. The van der Waals surface area contributed by atoms with Crippen molar-refractivity contribution >= 4 is 10.1 Å². The highest BCUT2D eigenvalue weighted by atomic mass is 32.2. The van der Waals surface area contributed by atoms with E-state index in [9.17, 15) is 17.2 Å². The molecule has 1 heterocycles. The molecule has 6 nitrogen and oxygen atoms in total. The molecule has 1 aliphatic rings. The van der Waals surface area contributed by atoms with Crippen LogP contribution in [-0.2, 0) is 21.3 Å². The number of ether oxygens (including phenoxy) is 1. The maximum absolute atomic E-state index is 13.4. The first kappa shape index (κ1) is 33.4. The van der Waals surface area contributed by atoms with Gasteiger partial charge in [0.15, 0.2) is 0 Å². The summed E-state index contributed by atoms with van der Waals surface area (Å²) in [5, 5.41) is 0. The van der Waals surface area contributed by atoms with Crippen LogP contribution in [0.3, 0.4) is 0 Å². The first-order valence-electron chi connectivity index (χ1n) is 14.8. The van der Waals surface area contributed by atoms with E-state index in [2.05, 4.69) is 40.1 Å².